The number of carboxylic acids is 1. The highest BCUT2D eigenvalue weighted by atomic mass is 32.1. The van der Waals surface area contributed by atoms with Crippen molar-refractivity contribution in [3.63, 3.8) is 0 Å². The van der Waals surface area contributed by atoms with Crippen LogP contribution in [-0.2, 0) is 17.6 Å². The van der Waals surface area contributed by atoms with Crippen LogP contribution in [-0.4, -0.2) is 21.3 Å². The van der Waals surface area contributed by atoms with Crippen LogP contribution in [0.4, 0.5) is 0 Å². The van der Waals surface area contributed by atoms with Crippen molar-refractivity contribution in [1.29, 1.82) is 0 Å². The third kappa shape index (κ3) is 3.16. The van der Waals surface area contributed by atoms with Gasteiger partial charge >= 0.3 is 5.97 Å². The van der Waals surface area contributed by atoms with Crippen molar-refractivity contribution in [3.8, 4) is 10.8 Å². The molecular weight excluding hydrogens is 252 g/mol. The predicted octanol–water partition coefficient (Wildman–Crippen LogP) is 2.77. The van der Waals surface area contributed by atoms with E-state index in [1.165, 1.54) is 4.88 Å². The molecular formula is C12H14N2O3S. The number of hydrogen-bond donors (Lipinski definition) is 1. The van der Waals surface area contributed by atoms with E-state index in [1.807, 2.05) is 12.1 Å². The SMILES string of the molecule is CCc1ccc(-c2nnc(CCCC(=O)O)o2)s1. The second-order valence-corrected chi connectivity index (χ2v) is 5.04. The van der Waals surface area contributed by atoms with Crippen LogP contribution in [0.2, 0.25) is 0 Å². The lowest BCUT2D eigenvalue weighted by molar-refractivity contribution is -0.137. The molecule has 6 heteroatoms. The van der Waals surface area contributed by atoms with Gasteiger partial charge in [0.05, 0.1) is 4.88 Å². The Morgan fingerprint density at radius 3 is 2.94 bits per heavy atom. The normalized spacial score (nSPS) is 10.7. The van der Waals surface area contributed by atoms with E-state index in [0.717, 1.165) is 11.3 Å². The molecule has 0 unspecified atom stereocenters. The van der Waals surface area contributed by atoms with Gasteiger partial charge in [-0.1, -0.05) is 6.92 Å². The molecule has 0 aliphatic carbocycles. The average molecular weight is 266 g/mol. The molecule has 0 aliphatic rings. The highest BCUT2D eigenvalue weighted by Gasteiger charge is 2.11. The number of rotatable bonds is 6. The van der Waals surface area contributed by atoms with Crippen LogP contribution in [0.5, 0.6) is 0 Å². The molecule has 2 aromatic heterocycles. The summed E-state index contributed by atoms with van der Waals surface area (Å²) in [6.45, 7) is 2.10. The first kappa shape index (κ1) is 12.8. The molecule has 2 aromatic rings. The standard InChI is InChI=1S/C12H14N2O3S/c1-2-8-6-7-9(18-8)12-14-13-10(17-12)4-3-5-11(15)16/h6-7H,2-5H2,1H3,(H,15,16). The molecule has 0 spiro atoms. The molecule has 2 heterocycles. The Morgan fingerprint density at radius 2 is 2.28 bits per heavy atom. The zero-order chi connectivity index (χ0) is 13.0. The Kier molecular flexibility index (Phi) is 4.09. The summed E-state index contributed by atoms with van der Waals surface area (Å²) in [6.07, 6.45) is 2.13. The van der Waals surface area contributed by atoms with Crippen LogP contribution >= 0.6 is 11.3 Å². The molecule has 0 aliphatic heterocycles. The van der Waals surface area contributed by atoms with Crippen molar-refractivity contribution in [1.82, 2.24) is 10.2 Å². The van der Waals surface area contributed by atoms with Gasteiger partial charge in [-0.25, -0.2) is 0 Å². The first-order chi connectivity index (χ1) is 8.69. The molecule has 0 radical (unpaired) electrons. The molecule has 0 fully saturated rings. The van der Waals surface area contributed by atoms with Gasteiger partial charge in [-0.2, -0.15) is 0 Å². The Balaban J connectivity index is 1.99. The number of aryl methyl sites for hydroxylation is 2. The monoisotopic (exact) mass is 266 g/mol. The fourth-order valence-electron chi connectivity index (χ4n) is 1.53. The van der Waals surface area contributed by atoms with Crippen LogP contribution in [0.1, 0.15) is 30.5 Å². The van der Waals surface area contributed by atoms with E-state index in [1.54, 1.807) is 11.3 Å². The smallest absolute Gasteiger partial charge is 0.303 e. The van der Waals surface area contributed by atoms with E-state index in [4.69, 9.17) is 9.52 Å². The van der Waals surface area contributed by atoms with E-state index in [-0.39, 0.29) is 6.42 Å². The Hall–Kier alpha value is -1.69. The van der Waals surface area contributed by atoms with Crippen LogP contribution in [0.25, 0.3) is 10.8 Å². The lowest BCUT2D eigenvalue weighted by Gasteiger charge is -1.91. The van der Waals surface area contributed by atoms with Crippen LogP contribution in [0.15, 0.2) is 16.5 Å². The first-order valence-electron chi connectivity index (χ1n) is 5.82. The van der Waals surface area contributed by atoms with Crippen LogP contribution in [0, 0.1) is 0 Å². The number of carbonyl (C=O) groups is 1. The molecule has 0 atom stereocenters. The maximum absolute atomic E-state index is 10.4. The van der Waals surface area contributed by atoms with E-state index in [0.29, 0.717) is 24.6 Å². The number of aliphatic carboxylic acids is 1. The maximum atomic E-state index is 10.4. The number of aromatic nitrogens is 2. The van der Waals surface area contributed by atoms with Crippen molar-refractivity contribution in [3.05, 3.63) is 22.9 Å². The van der Waals surface area contributed by atoms with E-state index in [9.17, 15) is 4.79 Å². The van der Waals surface area contributed by atoms with E-state index in [2.05, 4.69) is 17.1 Å². The zero-order valence-electron chi connectivity index (χ0n) is 10.0. The molecule has 1 N–H and O–H groups in total. The average Bonchev–Trinajstić information content (AvgIpc) is 2.95. The Bertz CT molecular complexity index is 533. The minimum atomic E-state index is -0.805. The molecule has 0 saturated carbocycles. The minimum absolute atomic E-state index is 0.122. The van der Waals surface area contributed by atoms with Gasteiger partial charge in [0.2, 0.25) is 5.89 Å². The van der Waals surface area contributed by atoms with Crippen molar-refractivity contribution < 1.29 is 14.3 Å². The first-order valence-corrected chi connectivity index (χ1v) is 6.64. The van der Waals surface area contributed by atoms with Crippen molar-refractivity contribution in [2.75, 3.05) is 0 Å². The summed E-state index contributed by atoms with van der Waals surface area (Å²) in [4.78, 5) is 12.6. The highest BCUT2D eigenvalue weighted by molar-refractivity contribution is 7.15. The predicted molar refractivity (Wildman–Crippen MR) is 67.6 cm³/mol. The largest absolute Gasteiger partial charge is 0.481 e. The highest BCUT2D eigenvalue weighted by Crippen LogP contribution is 2.27. The molecule has 0 saturated heterocycles. The number of nitrogens with zero attached hydrogens (tertiary/aromatic N) is 2. The summed E-state index contributed by atoms with van der Waals surface area (Å²) in [5.74, 6) is 0.211. The van der Waals surface area contributed by atoms with Crippen molar-refractivity contribution in [2.24, 2.45) is 0 Å². The van der Waals surface area contributed by atoms with Crippen LogP contribution in [0.3, 0.4) is 0 Å². The summed E-state index contributed by atoms with van der Waals surface area (Å²) in [7, 11) is 0. The molecule has 2 rings (SSSR count). The van der Waals surface area contributed by atoms with Crippen molar-refractivity contribution >= 4 is 17.3 Å². The zero-order valence-corrected chi connectivity index (χ0v) is 10.9. The van der Waals surface area contributed by atoms with Gasteiger partial charge in [-0.15, -0.1) is 21.5 Å². The topological polar surface area (TPSA) is 76.2 Å². The van der Waals surface area contributed by atoms with Gasteiger partial charge in [-0.3, -0.25) is 4.79 Å². The quantitative estimate of drug-likeness (QED) is 0.870. The molecule has 96 valence electrons. The second kappa shape index (κ2) is 5.77. The Labute approximate surface area is 108 Å². The van der Waals surface area contributed by atoms with Gasteiger partial charge < -0.3 is 9.52 Å². The third-order valence-electron chi connectivity index (χ3n) is 2.47. The number of carboxylic acid groups (broad SMARTS) is 1. The molecule has 5 nitrogen and oxygen atoms in total. The summed E-state index contributed by atoms with van der Waals surface area (Å²) in [5, 5.41) is 16.4. The third-order valence-corrected chi connectivity index (χ3v) is 3.69. The van der Waals surface area contributed by atoms with Crippen molar-refractivity contribution in [2.45, 2.75) is 32.6 Å². The van der Waals surface area contributed by atoms with Gasteiger partial charge in [-0.05, 0) is 25.0 Å². The molecule has 18 heavy (non-hydrogen) atoms. The number of hydrogen-bond acceptors (Lipinski definition) is 5. The van der Waals surface area contributed by atoms with Gasteiger partial charge in [0, 0.05) is 17.7 Å². The van der Waals surface area contributed by atoms with Gasteiger partial charge in [0.15, 0.2) is 0 Å². The molecule has 0 bridgehead atoms. The van der Waals surface area contributed by atoms with E-state index >= 15 is 0 Å². The summed E-state index contributed by atoms with van der Waals surface area (Å²) >= 11 is 1.64. The fraction of sp³-hybridized carbons (Fsp3) is 0.417. The second-order valence-electron chi connectivity index (χ2n) is 3.87. The fourth-order valence-corrected chi connectivity index (χ4v) is 2.40. The minimum Gasteiger partial charge on any atom is -0.481 e. The molecule has 0 amide bonds. The summed E-state index contributed by atoms with van der Waals surface area (Å²) < 4.78 is 5.50. The number of thiophene rings is 1. The lowest BCUT2D eigenvalue weighted by atomic mass is 10.2. The van der Waals surface area contributed by atoms with E-state index < -0.39 is 5.97 Å². The summed E-state index contributed by atoms with van der Waals surface area (Å²) in [5.41, 5.74) is 0. The molecule has 0 aromatic carbocycles. The summed E-state index contributed by atoms with van der Waals surface area (Å²) in [6, 6.07) is 4.02. The van der Waals surface area contributed by atoms with Gasteiger partial charge in [0.1, 0.15) is 0 Å². The maximum Gasteiger partial charge on any atom is 0.303 e. The van der Waals surface area contributed by atoms with Crippen LogP contribution < -0.4 is 0 Å². The lowest BCUT2D eigenvalue weighted by Crippen LogP contribution is -1.95. The Morgan fingerprint density at radius 1 is 1.44 bits per heavy atom. The van der Waals surface area contributed by atoms with Gasteiger partial charge in [0.25, 0.3) is 5.89 Å².